The van der Waals surface area contributed by atoms with Crippen molar-refractivity contribution in [2.24, 2.45) is 5.92 Å². The Balaban J connectivity index is 1.74. The highest BCUT2D eigenvalue weighted by molar-refractivity contribution is 9.10. The first-order chi connectivity index (χ1) is 11.2. The summed E-state index contributed by atoms with van der Waals surface area (Å²) in [6.45, 7) is 7.53. The van der Waals surface area contributed by atoms with Gasteiger partial charge in [0.15, 0.2) is 0 Å². The molecule has 132 valence electrons. The van der Waals surface area contributed by atoms with Gasteiger partial charge < -0.3 is 15.0 Å². The van der Waals surface area contributed by atoms with E-state index in [4.69, 9.17) is 4.74 Å². The van der Waals surface area contributed by atoms with Gasteiger partial charge in [-0.3, -0.25) is 4.79 Å². The second-order valence-corrected chi connectivity index (χ2v) is 7.80. The van der Waals surface area contributed by atoms with Gasteiger partial charge in [0.25, 0.3) is 5.91 Å². The number of hydrogen-bond acceptors (Lipinski definition) is 4. The van der Waals surface area contributed by atoms with Gasteiger partial charge in [0.2, 0.25) is 0 Å². The van der Waals surface area contributed by atoms with Crippen LogP contribution >= 0.6 is 15.9 Å². The first-order valence-corrected chi connectivity index (χ1v) is 8.91. The van der Waals surface area contributed by atoms with E-state index < -0.39 is 5.60 Å². The summed E-state index contributed by atoms with van der Waals surface area (Å²) >= 11 is 3.25. The molecule has 0 aliphatic carbocycles. The third-order valence-corrected chi connectivity index (χ3v) is 4.28. The minimum atomic E-state index is -0.472. The quantitative estimate of drug-likeness (QED) is 0.794. The van der Waals surface area contributed by atoms with Crippen LogP contribution in [0, 0.1) is 5.92 Å². The number of carbonyl (C=O) groups excluding carboxylic acids is 2. The van der Waals surface area contributed by atoms with Gasteiger partial charge >= 0.3 is 6.09 Å². The summed E-state index contributed by atoms with van der Waals surface area (Å²) in [5.41, 5.74) is 0.0741. The highest BCUT2D eigenvalue weighted by atomic mass is 79.9. The van der Waals surface area contributed by atoms with Crippen LogP contribution in [0.25, 0.3) is 0 Å². The minimum absolute atomic E-state index is 0.121. The molecule has 1 aliphatic rings. The highest BCUT2D eigenvalue weighted by Crippen LogP contribution is 2.19. The predicted molar refractivity (Wildman–Crippen MR) is 94.8 cm³/mol. The molecule has 0 atom stereocenters. The number of piperidine rings is 1. The number of ether oxygens (including phenoxy) is 1. The molecule has 0 bridgehead atoms. The van der Waals surface area contributed by atoms with Crippen LogP contribution in [0.1, 0.15) is 44.0 Å². The SMILES string of the molecule is CC(C)(C)OC(=O)N1CCC(CNC(=O)c2ccc(Br)nc2)CC1. The van der Waals surface area contributed by atoms with Gasteiger partial charge in [-0.05, 0) is 67.6 Å². The number of rotatable bonds is 3. The largest absolute Gasteiger partial charge is 0.444 e. The van der Waals surface area contributed by atoms with Crippen LogP contribution < -0.4 is 5.32 Å². The van der Waals surface area contributed by atoms with E-state index in [0.717, 1.165) is 12.8 Å². The number of carbonyl (C=O) groups is 2. The number of nitrogens with zero attached hydrogens (tertiary/aromatic N) is 2. The van der Waals surface area contributed by atoms with Crippen molar-refractivity contribution < 1.29 is 14.3 Å². The smallest absolute Gasteiger partial charge is 0.410 e. The Morgan fingerprint density at radius 3 is 2.54 bits per heavy atom. The first-order valence-electron chi connectivity index (χ1n) is 8.12. The van der Waals surface area contributed by atoms with E-state index in [0.29, 0.717) is 35.7 Å². The Hall–Kier alpha value is -1.63. The molecule has 1 N–H and O–H groups in total. The first kappa shape index (κ1) is 18.7. The summed E-state index contributed by atoms with van der Waals surface area (Å²) < 4.78 is 6.09. The molecule has 2 rings (SSSR count). The Labute approximate surface area is 151 Å². The molecule has 6 nitrogen and oxygen atoms in total. The molecular weight excluding hydrogens is 374 g/mol. The van der Waals surface area contributed by atoms with E-state index in [1.807, 2.05) is 20.8 Å². The minimum Gasteiger partial charge on any atom is -0.444 e. The van der Waals surface area contributed by atoms with Gasteiger partial charge in [-0.2, -0.15) is 0 Å². The van der Waals surface area contributed by atoms with E-state index >= 15 is 0 Å². The van der Waals surface area contributed by atoms with Crippen molar-refractivity contribution in [2.75, 3.05) is 19.6 Å². The highest BCUT2D eigenvalue weighted by Gasteiger charge is 2.27. The topological polar surface area (TPSA) is 71.5 Å². The van der Waals surface area contributed by atoms with Crippen LogP contribution in [0.5, 0.6) is 0 Å². The van der Waals surface area contributed by atoms with Gasteiger partial charge in [-0.15, -0.1) is 0 Å². The second kappa shape index (κ2) is 7.96. The number of halogens is 1. The molecule has 0 aromatic carbocycles. The van der Waals surface area contributed by atoms with Crippen molar-refractivity contribution in [2.45, 2.75) is 39.2 Å². The van der Waals surface area contributed by atoms with Crippen LogP contribution in [0.3, 0.4) is 0 Å². The van der Waals surface area contributed by atoms with E-state index in [1.165, 1.54) is 0 Å². The molecule has 0 saturated carbocycles. The fourth-order valence-corrected chi connectivity index (χ4v) is 2.73. The van der Waals surface area contributed by atoms with Gasteiger partial charge in [0.1, 0.15) is 10.2 Å². The second-order valence-electron chi connectivity index (χ2n) is 6.99. The predicted octanol–water partition coefficient (Wildman–Crippen LogP) is 3.22. The van der Waals surface area contributed by atoms with Crippen molar-refractivity contribution in [1.29, 1.82) is 0 Å². The fourth-order valence-electron chi connectivity index (χ4n) is 2.50. The van der Waals surface area contributed by atoms with Crippen LogP contribution in [-0.4, -0.2) is 47.1 Å². The molecule has 1 aliphatic heterocycles. The standard InChI is InChI=1S/C17H24BrN3O3/c1-17(2,3)24-16(23)21-8-6-12(7-9-21)10-20-15(22)13-4-5-14(18)19-11-13/h4-5,11-12H,6-10H2,1-3H3,(H,20,22). The zero-order valence-corrected chi connectivity index (χ0v) is 15.9. The molecule has 1 saturated heterocycles. The van der Waals surface area contributed by atoms with Crippen molar-refractivity contribution in [3.8, 4) is 0 Å². The van der Waals surface area contributed by atoms with Crippen molar-refractivity contribution in [3.63, 3.8) is 0 Å². The molecule has 1 aromatic heterocycles. The molecule has 1 fully saturated rings. The Kier molecular flexibility index (Phi) is 6.21. The lowest BCUT2D eigenvalue weighted by atomic mass is 9.97. The number of hydrogen-bond donors (Lipinski definition) is 1. The molecule has 7 heteroatoms. The lowest BCUT2D eigenvalue weighted by molar-refractivity contribution is 0.0183. The number of nitrogens with one attached hydrogen (secondary N) is 1. The third-order valence-electron chi connectivity index (χ3n) is 3.81. The van der Waals surface area contributed by atoms with Gasteiger partial charge in [0.05, 0.1) is 5.56 Å². The van der Waals surface area contributed by atoms with E-state index in [1.54, 1.807) is 23.2 Å². The van der Waals surface area contributed by atoms with E-state index in [-0.39, 0.29) is 12.0 Å². The fraction of sp³-hybridized carbons (Fsp3) is 0.588. The van der Waals surface area contributed by atoms with E-state index in [2.05, 4.69) is 26.2 Å². The Bertz CT molecular complexity index is 576. The maximum Gasteiger partial charge on any atom is 0.410 e. The van der Waals surface area contributed by atoms with Gasteiger partial charge in [-0.1, -0.05) is 0 Å². The number of likely N-dealkylation sites (tertiary alicyclic amines) is 1. The number of amides is 2. The summed E-state index contributed by atoms with van der Waals surface area (Å²) in [6, 6.07) is 3.48. The molecule has 1 aromatic rings. The molecule has 0 radical (unpaired) electrons. The van der Waals surface area contributed by atoms with Crippen LogP contribution in [0.4, 0.5) is 4.79 Å². The molecule has 2 heterocycles. The Morgan fingerprint density at radius 1 is 1.33 bits per heavy atom. The van der Waals surface area contributed by atoms with Crippen LogP contribution in [0.15, 0.2) is 22.9 Å². The normalized spacial score (nSPS) is 15.9. The summed E-state index contributed by atoms with van der Waals surface area (Å²) in [5, 5.41) is 2.94. The van der Waals surface area contributed by atoms with Crippen LogP contribution in [-0.2, 0) is 4.74 Å². The maximum atomic E-state index is 12.1. The average molecular weight is 398 g/mol. The summed E-state index contributed by atoms with van der Waals surface area (Å²) in [5.74, 6) is 0.251. The average Bonchev–Trinajstić information content (AvgIpc) is 2.52. The Morgan fingerprint density at radius 2 is 2.00 bits per heavy atom. The number of pyridine rings is 1. The third kappa shape index (κ3) is 5.78. The maximum absolute atomic E-state index is 12.1. The summed E-state index contributed by atoms with van der Waals surface area (Å²) in [4.78, 5) is 29.9. The molecular formula is C17H24BrN3O3. The monoisotopic (exact) mass is 397 g/mol. The lowest BCUT2D eigenvalue weighted by Crippen LogP contribution is -2.43. The van der Waals surface area contributed by atoms with Crippen molar-refractivity contribution >= 4 is 27.9 Å². The number of aromatic nitrogens is 1. The lowest BCUT2D eigenvalue weighted by Gasteiger charge is -2.33. The van der Waals surface area contributed by atoms with Crippen LogP contribution in [0.2, 0.25) is 0 Å². The molecule has 0 spiro atoms. The molecule has 0 unspecified atom stereocenters. The van der Waals surface area contributed by atoms with Crippen molar-refractivity contribution in [1.82, 2.24) is 15.2 Å². The van der Waals surface area contributed by atoms with E-state index in [9.17, 15) is 9.59 Å². The molecule has 24 heavy (non-hydrogen) atoms. The summed E-state index contributed by atoms with van der Waals surface area (Å²) in [6.07, 6.45) is 3.01. The zero-order chi connectivity index (χ0) is 17.7. The van der Waals surface area contributed by atoms with Gasteiger partial charge in [-0.25, -0.2) is 9.78 Å². The summed E-state index contributed by atoms with van der Waals surface area (Å²) in [7, 11) is 0. The zero-order valence-electron chi connectivity index (χ0n) is 14.3. The molecule has 2 amide bonds. The van der Waals surface area contributed by atoms with Crippen molar-refractivity contribution in [3.05, 3.63) is 28.5 Å². The van der Waals surface area contributed by atoms with Gasteiger partial charge in [0, 0.05) is 25.8 Å².